The summed E-state index contributed by atoms with van der Waals surface area (Å²) in [6.45, 7) is 3.31. The first kappa shape index (κ1) is 19.4. The summed E-state index contributed by atoms with van der Waals surface area (Å²) in [5, 5.41) is 3.66. The van der Waals surface area contributed by atoms with Crippen LogP contribution in [0.3, 0.4) is 0 Å². The number of benzene rings is 1. The lowest BCUT2D eigenvalue weighted by molar-refractivity contribution is -0.121. The number of ketones is 1. The van der Waals surface area contributed by atoms with Gasteiger partial charge in [0.2, 0.25) is 0 Å². The number of para-hydroxylation sites is 1. The van der Waals surface area contributed by atoms with Crippen LogP contribution in [0.4, 0.5) is 0 Å². The molecule has 2 saturated carbocycles. The van der Waals surface area contributed by atoms with E-state index in [4.69, 9.17) is 4.74 Å². The second kappa shape index (κ2) is 10.1. The predicted octanol–water partition coefficient (Wildman–Crippen LogP) is 5.27. The average molecular weight is 358 g/mol. The lowest BCUT2D eigenvalue weighted by Gasteiger charge is -2.25. The zero-order chi connectivity index (χ0) is 18.2. The van der Waals surface area contributed by atoms with Gasteiger partial charge in [-0.15, -0.1) is 0 Å². The van der Waals surface area contributed by atoms with Gasteiger partial charge in [-0.3, -0.25) is 4.79 Å². The second-order valence-electron chi connectivity index (χ2n) is 8.44. The van der Waals surface area contributed by atoms with E-state index in [9.17, 15) is 4.79 Å². The van der Waals surface area contributed by atoms with E-state index in [1.165, 1.54) is 51.4 Å². The van der Waals surface area contributed by atoms with Crippen LogP contribution in [0.5, 0.6) is 5.75 Å². The van der Waals surface area contributed by atoms with Gasteiger partial charge < -0.3 is 10.1 Å². The Morgan fingerprint density at radius 2 is 1.88 bits per heavy atom. The molecular formula is C23H35NO2. The van der Waals surface area contributed by atoms with Gasteiger partial charge in [0.25, 0.3) is 0 Å². The van der Waals surface area contributed by atoms with Crippen LogP contribution in [-0.4, -0.2) is 18.4 Å². The van der Waals surface area contributed by atoms with Crippen LogP contribution < -0.4 is 10.1 Å². The van der Waals surface area contributed by atoms with Crippen molar-refractivity contribution in [3.63, 3.8) is 0 Å². The molecule has 0 aromatic heterocycles. The number of hydrogen-bond donors (Lipinski definition) is 1. The molecule has 0 spiro atoms. The Labute approximate surface area is 158 Å². The minimum absolute atomic E-state index is 0.210. The van der Waals surface area contributed by atoms with E-state index < -0.39 is 0 Å². The van der Waals surface area contributed by atoms with Crippen LogP contribution in [0, 0.1) is 11.8 Å². The van der Waals surface area contributed by atoms with Gasteiger partial charge in [0.1, 0.15) is 12.4 Å². The topological polar surface area (TPSA) is 38.3 Å². The Bertz CT molecular complexity index is 561. The third kappa shape index (κ3) is 6.75. The Balaban J connectivity index is 1.41. The monoisotopic (exact) mass is 357 g/mol. The minimum atomic E-state index is 0.210. The zero-order valence-electron chi connectivity index (χ0n) is 16.3. The van der Waals surface area contributed by atoms with Crippen molar-refractivity contribution < 1.29 is 9.53 Å². The predicted molar refractivity (Wildman–Crippen MR) is 106 cm³/mol. The number of Topliss-reactive ketones (excluding diaryl/α,β-unsaturated/α-hetero) is 1. The van der Waals surface area contributed by atoms with E-state index in [1.807, 2.05) is 18.2 Å². The maximum Gasteiger partial charge on any atom is 0.170 e. The van der Waals surface area contributed by atoms with Crippen molar-refractivity contribution in [1.29, 1.82) is 0 Å². The molecule has 0 heterocycles. The number of carbonyl (C=O) groups is 1. The van der Waals surface area contributed by atoms with E-state index in [-0.39, 0.29) is 12.4 Å². The Hall–Kier alpha value is -1.35. The number of ether oxygens (including phenoxy) is 1. The summed E-state index contributed by atoms with van der Waals surface area (Å²) in [5.74, 6) is 2.78. The van der Waals surface area contributed by atoms with Crippen molar-refractivity contribution in [2.45, 2.75) is 83.7 Å². The summed E-state index contributed by atoms with van der Waals surface area (Å²) in [7, 11) is 0. The molecule has 3 heteroatoms. The van der Waals surface area contributed by atoms with E-state index in [1.54, 1.807) is 0 Å². The fraction of sp³-hybridized carbons (Fsp3) is 0.696. The molecule has 1 unspecified atom stereocenters. The van der Waals surface area contributed by atoms with Crippen molar-refractivity contribution in [1.82, 2.24) is 5.32 Å². The molecule has 1 aromatic carbocycles. The average Bonchev–Trinajstić information content (AvgIpc) is 3.49. The third-order valence-electron chi connectivity index (χ3n) is 5.94. The van der Waals surface area contributed by atoms with Crippen molar-refractivity contribution in [2.75, 3.05) is 6.61 Å². The quantitative estimate of drug-likeness (QED) is 0.586. The van der Waals surface area contributed by atoms with Crippen LogP contribution in [-0.2, 0) is 11.3 Å². The summed E-state index contributed by atoms with van der Waals surface area (Å²) in [4.78, 5) is 12.0. The molecule has 2 fully saturated rings. The molecule has 3 nitrogen and oxygen atoms in total. The van der Waals surface area contributed by atoms with Crippen molar-refractivity contribution in [3.05, 3.63) is 29.8 Å². The molecule has 0 radical (unpaired) electrons. The summed E-state index contributed by atoms with van der Waals surface area (Å²) >= 11 is 0. The van der Waals surface area contributed by atoms with Crippen molar-refractivity contribution in [2.24, 2.45) is 11.8 Å². The summed E-state index contributed by atoms with van der Waals surface area (Å²) in [6.07, 6.45) is 12.6. The molecule has 0 bridgehead atoms. The van der Waals surface area contributed by atoms with Gasteiger partial charge in [0.05, 0.1) is 0 Å². The van der Waals surface area contributed by atoms with Crippen molar-refractivity contribution >= 4 is 5.78 Å². The Morgan fingerprint density at radius 3 is 2.65 bits per heavy atom. The van der Waals surface area contributed by atoms with Gasteiger partial charge in [-0.05, 0) is 37.7 Å². The third-order valence-corrected chi connectivity index (χ3v) is 5.94. The number of carbonyl (C=O) groups excluding carboxylic acids is 1. The molecule has 0 amide bonds. The van der Waals surface area contributed by atoms with Crippen LogP contribution >= 0.6 is 0 Å². The normalized spacial score (nSPS) is 19.3. The fourth-order valence-electron chi connectivity index (χ4n) is 4.08. The van der Waals surface area contributed by atoms with E-state index >= 15 is 0 Å². The molecule has 3 rings (SSSR count). The van der Waals surface area contributed by atoms with Gasteiger partial charge in [-0.25, -0.2) is 0 Å². The van der Waals surface area contributed by atoms with Crippen LogP contribution in [0.1, 0.15) is 76.7 Å². The van der Waals surface area contributed by atoms with Crippen molar-refractivity contribution in [3.8, 4) is 5.75 Å². The van der Waals surface area contributed by atoms with Crippen LogP contribution in [0.15, 0.2) is 24.3 Å². The molecule has 26 heavy (non-hydrogen) atoms. The van der Waals surface area contributed by atoms with Crippen LogP contribution in [0.2, 0.25) is 0 Å². The number of nitrogens with one attached hydrogen (secondary N) is 1. The first-order valence-corrected chi connectivity index (χ1v) is 10.7. The van der Waals surface area contributed by atoms with E-state index in [0.29, 0.717) is 12.5 Å². The van der Waals surface area contributed by atoms with E-state index in [0.717, 1.165) is 36.1 Å². The molecule has 1 aromatic rings. The summed E-state index contributed by atoms with van der Waals surface area (Å²) < 4.78 is 5.84. The zero-order valence-corrected chi connectivity index (χ0v) is 16.3. The Morgan fingerprint density at radius 1 is 1.12 bits per heavy atom. The summed E-state index contributed by atoms with van der Waals surface area (Å²) in [5.41, 5.74) is 1.15. The van der Waals surface area contributed by atoms with Gasteiger partial charge >= 0.3 is 0 Å². The lowest BCUT2D eigenvalue weighted by atomic mass is 9.85. The highest BCUT2D eigenvalue weighted by Crippen LogP contribution is 2.33. The molecule has 2 aliphatic rings. The first-order chi connectivity index (χ1) is 12.7. The highest BCUT2D eigenvalue weighted by atomic mass is 16.5. The van der Waals surface area contributed by atoms with Gasteiger partial charge in [0.15, 0.2) is 5.78 Å². The maximum absolute atomic E-state index is 12.0. The molecule has 0 saturated heterocycles. The lowest BCUT2D eigenvalue weighted by Crippen LogP contribution is -2.28. The molecule has 1 N–H and O–H groups in total. The molecule has 2 aliphatic carbocycles. The van der Waals surface area contributed by atoms with E-state index in [2.05, 4.69) is 18.3 Å². The standard InChI is InChI=1S/C23H35NO2/c1-18(15-20-7-3-2-4-8-20)24-16-21-9-5-6-10-23(21)26-17-22(25)14-13-19-11-12-19/h5-6,9-10,18-20,24H,2-4,7-8,11-17H2,1H3. The molecule has 144 valence electrons. The molecule has 0 aliphatic heterocycles. The highest BCUT2D eigenvalue weighted by molar-refractivity contribution is 5.80. The van der Waals surface area contributed by atoms with Gasteiger partial charge in [0, 0.05) is 24.6 Å². The second-order valence-corrected chi connectivity index (χ2v) is 8.44. The van der Waals surface area contributed by atoms with Gasteiger partial charge in [-0.1, -0.05) is 63.1 Å². The fourth-order valence-corrected chi connectivity index (χ4v) is 4.08. The minimum Gasteiger partial charge on any atom is -0.486 e. The van der Waals surface area contributed by atoms with Crippen LogP contribution in [0.25, 0.3) is 0 Å². The highest BCUT2D eigenvalue weighted by Gasteiger charge is 2.22. The SMILES string of the molecule is CC(CC1CCCCC1)NCc1ccccc1OCC(=O)CCC1CC1. The largest absolute Gasteiger partial charge is 0.486 e. The Kier molecular flexibility index (Phi) is 7.55. The molecule has 1 atom stereocenters. The number of hydrogen-bond acceptors (Lipinski definition) is 3. The smallest absolute Gasteiger partial charge is 0.170 e. The number of rotatable bonds is 11. The summed E-state index contributed by atoms with van der Waals surface area (Å²) in [6, 6.07) is 8.64. The maximum atomic E-state index is 12.0. The van der Waals surface area contributed by atoms with Gasteiger partial charge in [-0.2, -0.15) is 0 Å². The first-order valence-electron chi connectivity index (χ1n) is 10.7. The molecular weight excluding hydrogens is 322 g/mol.